The molecule has 5 nitrogen and oxygen atoms in total. The van der Waals surface area contributed by atoms with Crippen LogP contribution in [0, 0.1) is 0 Å². The van der Waals surface area contributed by atoms with Crippen molar-refractivity contribution in [3.8, 4) is 5.69 Å². The largest absolute Gasteiger partial charge is 0.383 e. The fourth-order valence-corrected chi connectivity index (χ4v) is 2.75. The first-order valence-electron chi connectivity index (χ1n) is 7.22. The van der Waals surface area contributed by atoms with Gasteiger partial charge in [0.25, 0.3) is 0 Å². The zero-order valence-corrected chi connectivity index (χ0v) is 11.9. The summed E-state index contributed by atoms with van der Waals surface area (Å²) in [4.78, 5) is 2.46. The molecule has 1 N–H and O–H groups in total. The van der Waals surface area contributed by atoms with Crippen LogP contribution in [0.4, 0.5) is 5.69 Å². The van der Waals surface area contributed by atoms with E-state index in [4.69, 9.17) is 0 Å². The lowest BCUT2D eigenvalue weighted by atomic mass is 10.0. The molecule has 1 saturated heterocycles. The summed E-state index contributed by atoms with van der Waals surface area (Å²) in [5.41, 5.74) is 2.23. The van der Waals surface area contributed by atoms with Gasteiger partial charge in [0.1, 0.15) is 12.7 Å². The summed E-state index contributed by atoms with van der Waals surface area (Å²) in [6.07, 6.45) is 7.39. The molecule has 20 heavy (non-hydrogen) atoms. The molecule has 0 radical (unpaired) electrons. The van der Waals surface area contributed by atoms with Gasteiger partial charge in [-0.1, -0.05) is 12.5 Å². The summed E-state index contributed by atoms with van der Waals surface area (Å²) in [6.45, 7) is 2.22. The van der Waals surface area contributed by atoms with Crippen molar-refractivity contribution in [3.05, 3.63) is 36.9 Å². The predicted molar refractivity (Wildman–Crippen MR) is 80.1 cm³/mol. The normalized spacial score (nSPS) is 19.9. The van der Waals surface area contributed by atoms with E-state index in [0.29, 0.717) is 6.04 Å². The van der Waals surface area contributed by atoms with E-state index in [2.05, 4.69) is 51.7 Å². The third kappa shape index (κ3) is 2.99. The summed E-state index contributed by atoms with van der Waals surface area (Å²) in [7, 11) is 2.22. The Morgan fingerprint density at radius 1 is 1.25 bits per heavy atom. The number of aromatic nitrogens is 3. The van der Waals surface area contributed by atoms with Gasteiger partial charge >= 0.3 is 0 Å². The van der Waals surface area contributed by atoms with Crippen molar-refractivity contribution in [3.63, 3.8) is 0 Å². The molecular weight excluding hydrogens is 250 g/mol. The van der Waals surface area contributed by atoms with Crippen LogP contribution in [-0.4, -0.2) is 45.8 Å². The van der Waals surface area contributed by atoms with Crippen molar-refractivity contribution in [2.45, 2.75) is 25.3 Å². The Bertz CT molecular complexity index is 537. The van der Waals surface area contributed by atoms with E-state index < -0.39 is 0 Å². The predicted octanol–water partition coefficient (Wildman–Crippen LogP) is 2.16. The highest BCUT2D eigenvalue weighted by Crippen LogP contribution is 2.18. The molecule has 2 aromatic rings. The van der Waals surface area contributed by atoms with Crippen LogP contribution in [0.2, 0.25) is 0 Å². The molecule has 1 aromatic heterocycles. The molecule has 1 aliphatic heterocycles. The maximum absolute atomic E-state index is 3.84. The lowest BCUT2D eigenvalue weighted by Gasteiger charge is -2.32. The maximum Gasteiger partial charge on any atom is 0.123 e. The summed E-state index contributed by atoms with van der Waals surface area (Å²) >= 11 is 0. The minimum Gasteiger partial charge on any atom is -0.383 e. The van der Waals surface area contributed by atoms with Gasteiger partial charge in [-0.2, -0.15) is 0 Å². The first kappa shape index (κ1) is 13.1. The molecule has 1 aliphatic rings. The molecule has 5 heteroatoms. The van der Waals surface area contributed by atoms with E-state index in [1.54, 1.807) is 12.7 Å². The van der Waals surface area contributed by atoms with E-state index in [1.165, 1.54) is 25.8 Å². The van der Waals surface area contributed by atoms with Crippen LogP contribution in [0.5, 0.6) is 0 Å². The maximum atomic E-state index is 3.84. The van der Waals surface area contributed by atoms with Crippen LogP contribution in [0.3, 0.4) is 0 Å². The highest BCUT2D eigenvalue weighted by atomic mass is 15.2. The van der Waals surface area contributed by atoms with Gasteiger partial charge in [-0.05, 0) is 44.6 Å². The van der Waals surface area contributed by atoms with Crippen LogP contribution < -0.4 is 5.32 Å². The zero-order valence-electron chi connectivity index (χ0n) is 11.9. The van der Waals surface area contributed by atoms with Gasteiger partial charge in [0, 0.05) is 18.3 Å². The van der Waals surface area contributed by atoms with Crippen LogP contribution in [0.25, 0.3) is 5.69 Å². The first-order valence-corrected chi connectivity index (χ1v) is 7.22. The first-order chi connectivity index (χ1) is 9.83. The highest BCUT2D eigenvalue weighted by molar-refractivity contribution is 5.51. The van der Waals surface area contributed by atoms with Gasteiger partial charge < -0.3 is 10.2 Å². The molecule has 0 bridgehead atoms. The Balaban J connectivity index is 1.64. The molecule has 1 atom stereocenters. The lowest BCUT2D eigenvalue weighted by Crippen LogP contribution is -2.40. The molecule has 0 saturated carbocycles. The lowest BCUT2D eigenvalue weighted by molar-refractivity contribution is 0.194. The van der Waals surface area contributed by atoms with Crippen molar-refractivity contribution < 1.29 is 0 Å². The molecule has 0 amide bonds. The Hall–Kier alpha value is -1.88. The van der Waals surface area contributed by atoms with Gasteiger partial charge in [-0.3, -0.25) is 4.57 Å². The quantitative estimate of drug-likeness (QED) is 0.925. The minimum absolute atomic E-state index is 0.641. The van der Waals surface area contributed by atoms with Crippen molar-refractivity contribution in [2.75, 3.05) is 25.5 Å². The van der Waals surface area contributed by atoms with Crippen LogP contribution in [0.15, 0.2) is 36.9 Å². The van der Waals surface area contributed by atoms with Crippen LogP contribution in [0.1, 0.15) is 19.3 Å². The minimum atomic E-state index is 0.641. The molecule has 0 aliphatic carbocycles. The summed E-state index contributed by atoms with van der Waals surface area (Å²) in [6, 6.07) is 8.99. The smallest absolute Gasteiger partial charge is 0.123 e. The Morgan fingerprint density at radius 2 is 2.10 bits per heavy atom. The molecule has 0 spiro atoms. The summed E-state index contributed by atoms with van der Waals surface area (Å²) in [5.74, 6) is 0. The molecule has 106 valence electrons. The molecular formula is C15H21N5. The highest BCUT2D eigenvalue weighted by Gasteiger charge is 2.18. The SMILES string of the molecule is CN1CCCCC1CNc1cccc(-n2cnnc2)c1. The fraction of sp³-hybridized carbons (Fsp3) is 0.467. The fourth-order valence-electron chi connectivity index (χ4n) is 2.75. The Morgan fingerprint density at radius 3 is 2.90 bits per heavy atom. The number of anilines is 1. The third-order valence-electron chi connectivity index (χ3n) is 4.03. The van der Waals surface area contributed by atoms with Crippen molar-refractivity contribution in [1.82, 2.24) is 19.7 Å². The number of nitrogens with one attached hydrogen (secondary N) is 1. The van der Waals surface area contributed by atoms with E-state index in [9.17, 15) is 0 Å². The number of likely N-dealkylation sites (N-methyl/N-ethyl adjacent to an activating group) is 1. The van der Waals surface area contributed by atoms with Crippen LogP contribution in [-0.2, 0) is 0 Å². The van der Waals surface area contributed by atoms with Gasteiger partial charge in [0.2, 0.25) is 0 Å². The zero-order chi connectivity index (χ0) is 13.8. The molecule has 1 unspecified atom stereocenters. The summed E-state index contributed by atoms with van der Waals surface area (Å²) < 4.78 is 1.91. The number of piperidine rings is 1. The number of likely N-dealkylation sites (tertiary alicyclic amines) is 1. The van der Waals surface area contributed by atoms with E-state index in [0.717, 1.165) is 17.9 Å². The van der Waals surface area contributed by atoms with Gasteiger partial charge in [0.15, 0.2) is 0 Å². The molecule has 1 fully saturated rings. The van der Waals surface area contributed by atoms with Gasteiger partial charge in [-0.15, -0.1) is 10.2 Å². The summed E-state index contributed by atoms with van der Waals surface area (Å²) in [5, 5.41) is 11.2. The average Bonchev–Trinajstić information content (AvgIpc) is 3.01. The molecule has 2 heterocycles. The van der Waals surface area contributed by atoms with Crippen molar-refractivity contribution in [1.29, 1.82) is 0 Å². The number of hydrogen-bond donors (Lipinski definition) is 1. The Labute approximate surface area is 119 Å². The standard InChI is InChI=1S/C15H21N5/c1-19-8-3-2-6-15(19)10-16-13-5-4-7-14(9-13)20-11-17-18-12-20/h4-5,7,9,11-12,15-16H,2-3,6,8,10H2,1H3. The van der Waals surface area contributed by atoms with E-state index >= 15 is 0 Å². The van der Waals surface area contributed by atoms with E-state index in [1.807, 2.05) is 4.57 Å². The average molecular weight is 271 g/mol. The second-order valence-corrected chi connectivity index (χ2v) is 5.43. The van der Waals surface area contributed by atoms with Gasteiger partial charge in [0.05, 0.1) is 5.69 Å². The van der Waals surface area contributed by atoms with Crippen LogP contribution >= 0.6 is 0 Å². The topological polar surface area (TPSA) is 46.0 Å². The number of nitrogens with zero attached hydrogens (tertiary/aromatic N) is 4. The molecule has 1 aromatic carbocycles. The second kappa shape index (κ2) is 6.05. The van der Waals surface area contributed by atoms with E-state index in [-0.39, 0.29) is 0 Å². The van der Waals surface area contributed by atoms with Crippen molar-refractivity contribution >= 4 is 5.69 Å². The van der Waals surface area contributed by atoms with Crippen molar-refractivity contribution in [2.24, 2.45) is 0 Å². The number of hydrogen-bond acceptors (Lipinski definition) is 4. The van der Waals surface area contributed by atoms with Gasteiger partial charge in [-0.25, -0.2) is 0 Å². The number of benzene rings is 1. The molecule has 3 rings (SSSR count). The monoisotopic (exact) mass is 271 g/mol. The Kier molecular flexibility index (Phi) is 3.97. The second-order valence-electron chi connectivity index (χ2n) is 5.43. The number of rotatable bonds is 4. The third-order valence-corrected chi connectivity index (χ3v) is 4.03.